The number of benzene rings is 1. The standard InChI is InChI=1S/C45H68ClNO6/c1-27(2)38-31(48)22-45(34(49)26-47-25-28-10-12-29(46)13-11-28)21-20-43(8)30(39(38)45)14-15-33-42(7)18-17-35(41(5,6)32(42)16-19-44(33,43)9)53-37(52)24-40(3,4)23-36(50)51/h10-13,27,30-35,47-49H,14-26H2,1-9H3,(H,50,51)/t30-,31?,32+,33-,34+,35+,42+,43-,44-,45+/m1/s1. The van der Waals surface area contributed by atoms with Crippen LogP contribution in [0.2, 0.25) is 5.02 Å². The molecule has 0 amide bonds. The molecule has 0 saturated heterocycles. The van der Waals surface area contributed by atoms with Crippen LogP contribution in [0.3, 0.4) is 0 Å². The van der Waals surface area contributed by atoms with Crippen LogP contribution >= 0.6 is 11.6 Å². The van der Waals surface area contributed by atoms with Gasteiger partial charge in [-0.1, -0.05) is 91.6 Å². The molecule has 7 nitrogen and oxygen atoms in total. The zero-order valence-corrected chi connectivity index (χ0v) is 34.7. The average Bonchev–Trinajstić information content (AvgIpc) is 3.36. The Hall–Kier alpha value is -1.93. The molecule has 4 fully saturated rings. The quantitative estimate of drug-likeness (QED) is 0.132. The lowest BCUT2D eigenvalue weighted by Crippen LogP contribution is -2.66. The summed E-state index contributed by atoms with van der Waals surface area (Å²) >= 11 is 6.12. The van der Waals surface area contributed by atoms with E-state index < -0.39 is 29.0 Å². The first-order valence-electron chi connectivity index (χ1n) is 20.6. The van der Waals surface area contributed by atoms with E-state index in [1.54, 1.807) is 0 Å². The normalized spacial score (nSPS) is 38.4. The molecule has 296 valence electrons. The number of nitrogens with one attached hydrogen (secondary N) is 1. The zero-order chi connectivity index (χ0) is 38.9. The molecule has 6 rings (SSSR count). The highest BCUT2D eigenvalue weighted by Gasteiger charge is 2.70. The third kappa shape index (κ3) is 6.84. The lowest BCUT2D eigenvalue weighted by atomic mass is 9.33. The van der Waals surface area contributed by atoms with Crippen molar-refractivity contribution in [1.29, 1.82) is 0 Å². The Bertz CT molecular complexity index is 1590. The summed E-state index contributed by atoms with van der Waals surface area (Å²) in [7, 11) is 0. The van der Waals surface area contributed by atoms with Crippen LogP contribution in [0.15, 0.2) is 35.4 Å². The summed E-state index contributed by atoms with van der Waals surface area (Å²) in [5.74, 6) is 0.277. The molecule has 0 spiro atoms. The fraction of sp³-hybridized carbons (Fsp3) is 0.778. The summed E-state index contributed by atoms with van der Waals surface area (Å²) in [5.41, 5.74) is 2.65. The molecular weight excluding hydrogens is 686 g/mol. The zero-order valence-electron chi connectivity index (χ0n) is 34.0. The second kappa shape index (κ2) is 14.2. The van der Waals surface area contributed by atoms with Crippen molar-refractivity contribution in [2.24, 2.45) is 56.2 Å². The molecule has 4 saturated carbocycles. The van der Waals surface area contributed by atoms with Crippen molar-refractivity contribution >= 4 is 23.5 Å². The van der Waals surface area contributed by atoms with Crippen LogP contribution in [0, 0.1) is 56.2 Å². The van der Waals surface area contributed by atoms with Gasteiger partial charge in [-0.15, -0.1) is 0 Å². The topological polar surface area (TPSA) is 116 Å². The van der Waals surface area contributed by atoms with Gasteiger partial charge in [0.15, 0.2) is 0 Å². The maximum Gasteiger partial charge on any atom is 0.306 e. The van der Waals surface area contributed by atoms with Crippen molar-refractivity contribution in [3.8, 4) is 0 Å². The number of carbonyl (C=O) groups excluding carboxylic acids is 1. The summed E-state index contributed by atoms with van der Waals surface area (Å²) in [6.45, 7) is 21.5. The lowest BCUT2D eigenvalue weighted by Gasteiger charge is -2.72. The van der Waals surface area contributed by atoms with Gasteiger partial charge in [0.2, 0.25) is 0 Å². The van der Waals surface area contributed by atoms with E-state index in [1.165, 1.54) is 11.1 Å². The highest BCUT2D eigenvalue weighted by molar-refractivity contribution is 6.30. The number of carboxylic acids is 1. The molecule has 0 aromatic heterocycles. The molecule has 1 unspecified atom stereocenters. The minimum absolute atomic E-state index is 0.0343. The Kier molecular flexibility index (Phi) is 10.9. The Morgan fingerprint density at radius 1 is 0.925 bits per heavy atom. The third-order valence-electron chi connectivity index (χ3n) is 16.4. The van der Waals surface area contributed by atoms with Crippen molar-refractivity contribution in [2.75, 3.05) is 6.54 Å². The highest BCUT2D eigenvalue weighted by Crippen LogP contribution is 2.77. The van der Waals surface area contributed by atoms with Crippen LogP contribution in [0.1, 0.15) is 139 Å². The second-order valence-corrected chi connectivity index (χ2v) is 21.0. The van der Waals surface area contributed by atoms with Gasteiger partial charge in [-0.25, -0.2) is 0 Å². The first kappa shape index (κ1) is 40.7. The number of esters is 1. The highest BCUT2D eigenvalue weighted by atomic mass is 35.5. The van der Waals surface area contributed by atoms with E-state index in [1.807, 2.05) is 38.1 Å². The van der Waals surface area contributed by atoms with E-state index in [4.69, 9.17) is 16.3 Å². The molecule has 5 aliphatic rings. The number of hydrogen-bond acceptors (Lipinski definition) is 6. The average molecular weight is 754 g/mol. The fourth-order valence-corrected chi connectivity index (χ4v) is 13.9. The van der Waals surface area contributed by atoms with Crippen molar-refractivity contribution in [1.82, 2.24) is 5.32 Å². The molecule has 5 aliphatic carbocycles. The van der Waals surface area contributed by atoms with Crippen LogP contribution in [0.25, 0.3) is 0 Å². The first-order chi connectivity index (χ1) is 24.6. The summed E-state index contributed by atoms with van der Waals surface area (Å²) in [6, 6.07) is 7.85. The van der Waals surface area contributed by atoms with E-state index >= 15 is 0 Å². The molecule has 0 heterocycles. The summed E-state index contributed by atoms with van der Waals surface area (Å²) < 4.78 is 6.27. The number of rotatable bonds is 11. The van der Waals surface area contributed by atoms with Gasteiger partial charge in [0.1, 0.15) is 6.10 Å². The number of fused-ring (bicyclic) bond motifs is 7. The third-order valence-corrected chi connectivity index (χ3v) is 16.6. The minimum Gasteiger partial charge on any atom is -0.481 e. The van der Waals surface area contributed by atoms with Gasteiger partial charge in [-0.3, -0.25) is 9.59 Å². The van der Waals surface area contributed by atoms with Crippen LogP contribution < -0.4 is 5.32 Å². The van der Waals surface area contributed by atoms with Gasteiger partial charge < -0.3 is 25.4 Å². The minimum atomic E-state index is -0.895. The number of carbonyl (C=O) groups is 2. The van der Waals surface area contributed by atoms with Crippen LogP contribution in [-0.4, -0.2) is 52.1 Å². The van der Waals surface area contributed by atoms with Gasteiger partial charge in [0, 0.05) is 28.9 Å². The molecule has 8 heteroatoms. The van der Waals surface area contributed by atoms with E-state index in [9.17, 15) is 24.9 Å². The molecule has 4 N–H and O–H groups in total. The number of aliphatic hydroxyl groups is 2. The smallest absolute Gasteiger partial charge is 0.306 e. The number of halogens is 1. The maximum atomic E-state index is 13.2. The Labute approximate surface area is 324 Å². The molecule has 1 aromatic carbocycles. The van der Waals surface area contributed by atoms with E-state index in [0.717, 1.165) is 56.9 Å². The summed E-state index contributed by atoms with van der Waals surface area (Å²) in [4.78, 5) is 24.7. The first-order valence-corrected chi connectivity index (χ1v) is 21.0. The van der Waals surface area contributed by atoms with Crippen molar-refractivity contribution < 1.29 is 29.6 Å². The SMILES string of the molecule is CC(C)C1=C2[C@H]3CC[C@@H]4[C@@]5(C)CC[C@H](OC(=O)CC(C)(C)CC(=O)O)C(C)(C)[C@@H]5CC[C@@]4(C)[C@]3(C)CC[C@@]2([C@@H](O)CNCc2ccc(Cl)cc2)CC1O. The second-order valence-electron chi connectivity index (χ2n) is 20.5. The number of carboxylic acid groups (broad SMARTS) is 1. The van der Waals surface area contributed by atoms with Crippen LogP contribution in [0.5, 0.6) is 0 Å². The molecule has 53 heavy (non-hydrogen) atoms. The van der Waals surface area contributed by atoms with E-state index in [0.29, 0.717) is 42.3 Å². The number of ether oxygens (including phenoxy) is 1. The van der Waals surface area contributed by atoms with Crippen molar-refractivity contribution in [3.05, 3.63) is 46.0 Å². The van der Waals surface area contributed by atoms with Gasteiger partial charge in [0.25, 0.3) is 0 Å². The summed E-state index contributed by atoms with van der Waals surface area (Å²) in [6.07, 6.45) is 7.50. The Morgan fingerprint density at radius 3 is 2.25 bits per heavy atom. The summed E-state index contributed by atoms with van der Waals surface area (Å²) in [5, 5.41) is 37.6. The van der Waals surface area contributed by atoms with Gasteiger partial charge in [0.05, 0.1) is 25.0 Å². The van der Waals surface area contributed by atoms with E-state index in [2.05, 4.69) is 53.8 Å². The number of hydrogen-bond donors (Lipinski definition) is 4. The maximum absolute atomic E-state index is 13.2. The molecule has 10 atom stereocenters. The van der Waals surface area contributed by atoms with Gasteiger partial charge in [-0.2, -0.15) is 0 Å². The molecule has 0 aliphatic heterocycles. The predicted molar refractivity (Wildman–Crippen MR) is 210 cm³/mol. The number of aliphatic hydroxyl groups excluding tert-OH is 2. The fourth-order valence-electron chi connectivity index (χ4n) is 13.7. The predicted octanol–water partition coefficient (Wildman–Crippen LogP) is 9.37. The molecule has 0 radical (unpaired) electrons. The van der Waals surface area contributed by atoms with Crippen LogP contribution in [0.4, 0.5) is 0 Å². The van der Waals surface area contributed by atoms with Gasteiger partial charge >= 0.3 is 11.9 Å². The van der Waals surface area contributed by atoms with Crippen molar-refractivity contribution in [2.45, 2.75) is 158 Å². The Balaban J connectivity index is 1.24. The van der Waals surface area contributed by atoms with Crippen molar-refractivity contribution in [3.63, 3.8) is 0 Å². The van der Waals surface area contributed by atoms with Gasteiger partial charge in [-0.05, 0) is 126 Å². The van der Waals surface area contributed by atoms with E-state index in [-0.39, 0.29) is 52.5 Å². The molecule has 0 bridgehead atoms. The molecular formula is C45H68ClNO6. The largest absolute Gasteiger partial charge is 0.481 e. The monoisotopic (exact) mass is 753 g/mol. The molecule has 1 aromatic rings. The Morgan fingerprint density at radius 2 is 1.60 bits per heavy atom. The lowest BCUT2D eigenvalue weighted by molar-refractivity contribution is -0.235. The number of aliphatic carboxylic acids is 1. The van der Waals surface area contributed by atoms with Crippen LogP contribution in [-0.2, 0) is 20.9 Å².